The zero-order valence-electron chi connectivity index (χ0n) is 20.9. The Morgan fingerprint density at radius 2 is 1.71 bits per heavy atom. The van der Waals surface area contributed by atoms with Gasteiger partial charge in [0.15, 0.2) is 5.13 Å². The van der Waals surface area contributed by atoms with Gasteiger partial charge in [-0.3, -0.25) is 4.90 Å². The lowest BCUT2D eigenvalue weighted by molar-refractivity contribution is 0.0345. The van der Waals surface area contributed by atoms with Gasteiger partial charge in [-0.2, -0.15) is 0 Å². The monoisotopic (exact) mass is 492 g/mol. The minimum atomic E-state index is 0.787. The van der Waals surface area contributed by atoms with Crippen LogP contribution in [0.4, 0.5) is 10.8 Å². The van der Waals surface area contributed by atoms with Crippen LogP contribution in [-0.2, 0) is 24.4 Å². The molecule has 0 atom stereocenters. The van der Waals surface area contributed by atoms with Crippen LogP contribution in [0, 0.1) is 6.92 Å². The summed E-state index contributed by atoms with van der Waals surface area (Å²) in [5, 5.41) is 1.08. The van der Waals surface area contributed by atoms with Gasteiger partial charge in [0.2, 0.25) is 0 Å². The fourth-order valence-electron chi connectivity index (χ4n) is 4.85. The number of anilines is 2. The standard InChI is InChI=1S/C28H36N4O2S/c1-22-27(21-30-14-16-34-17-15-30)35-28(29-22)32(20-24-6-5-7-26(18-24)33-2)19-23-8-10-25(11-9-23)31-12-3-4-13-31/h5-11,18H,3-4,12-17,19-21H2,1-2H3. The van der Waals surface area contributed by atoms with Gasteiger partial charge in [-0.25, -0.2) is 4.98 Å². The highest BCUT2D eigenvalue weighted by Gasteiger charge is 2.19. The van der Waals surface area contributed by atoms with Crippen LogP contribution >= 0.6 is 11.3 Å². The van der Waals surface area contributed by atoms with Gasteiger partial charge in [0, 0.05) is 56.4 Å². The molecule has 0 saturated carbocycles. The Labute approximate surface area is 213 Å². The fraction of sp³-hybridized carbons (Fsp3) is 0.464. The number of hydrogen-bond donors (Lipinski definition) is 0. The third kappa shape index (κ3) is 6.15. The van der Waals surface area contributed by atoms with Crippen molar-refractivity contribution in [3.63, 3.8) is 0 Å². The second-order valence-corrected chi connectivity index (χ2v) is 10.5. The maximum atomic E-state index is 5.53. The third-order valence-electron chi connectivity index (χ3n) is 6.91. The molecule has 3 heterocycles. The first-order chi connectivity index (χ1) is 17.2. The average Bonchev–Trinajstić information content (AvgIpc) is 3.55. The van der Waals surface area contributed by atoms with Crippen LogP contribution in [0.5, 0.6) is 5.75 Å². The van der Waals surface area contributed by atoms with Gasteiger partial charge in [-0.1, -0.05) is 24.3 Å². The molecule has 2 aliphatic rings. The number of morpholine rings is 1. The van der Waals surface area contributed by atoms with E-state index >= 15 is 0 Å². The molecule has 7 heteroatoms. The summed E-state index contributed by atoms with van der Waals surface area (Å²) >= 11 is 1.83. The minimum Gasteiger partial charge on any atom is -0.497 e. The Bertz CT molecular complexity index is 1090. The number of aromatic nitrogens is 1. The maximum absolute atomic E-state index is 5.53. The van der Waals surface area contributed by atoms with E-state index in [0.717, 1.165) is 62.5 Å². The molecule has 3 aromatic rings. The lowest BCUT2D eigenvalue weighted by Crippen LogP contribution is -2.35. The van der Waals surface area contributed by atoms with Gasteiger partial charge in [-0.05, 0) is 55.2 Å². The molecule has 0 unspecified atom stereocenters. The first kappa shape index (κ1) is 24.1. The number of nitrogens with zero attached hydrogens (tertiary/aromatic N) is 4. The van der Waals surface area contributed by atoms with Crippen molar-refractivity contribution in [2.24, 2.45) is 0 Å². The Kier molecular flexibility index (Phi) is 7.86. The molecular formula is C28H36N4O2S. The number of ether oxygens (including phenoxy) is 2. The van der Waals surface area contributed by atoms with Crippen LogP contribution in [0.2, 0.25) is 0 Å². The van der Waals surface area contributed by atoms with E-state index in [1.165, 1.54) is 47.6 Å². The van der Waals surface area contributed by atoms with Gasteiger partial charge < -0.3 is 19.3 Å². The second kappa shape index (κ2) is 11.4. The first-order valence-corrected chi connectivity index (χ1v) is 13.5. The van der Waals surface area contributed by atoms with Crippen LogP contribution in [0.15, 0.2) is 48.5 Å². The van der Waals surface area contributed by atoms with E-state index in [4.69, 9.17) is 14.5 Å². The Balaban J connectivity index is 1.37. The van der Waals surface area contributed by atoms with E-state index in [0.29, 0.717) is 0 Å². The number of hydrogen-bond acceptors (Lipinski definition) is 7. The van der Waals surface area contributed by atoms with Crippen molar-refractivity contribution < 1.29 is 9.47 Å². The Morgan fingerprint density at radius 3 is 2.46 bits per heavy atom. The number of aryl methyl sites for hydroxylation is 1. The average molecular weight is 493 g/mol. The third-order valence-corrected chi connectivity index (χ3v) is 8.11. The van der Waals surface area contributed by atoms with E-state index in [1.54, 1.807) is 7.11 Å². The highest BCUT2D eigenvalue weighted by Crippen LogP contribution is 2.31. The topological polar surface area (TPSA) is 41.1 Å². The largest absolute Gasteiger partial charge is 0.497 e. The van der Waals surface area contributed by atoms with Crippen LogP contribution in [-0.4, -0.2) is 56.4 Å². The van der Waals surface area contributed by atoms with Crippen LogP contribution in [0.3, 0.4) is 0 Å². The zero-order valence-corrected chi connectivity index (χ0v) is 21.7. The molecule has 0 bridgehead atoms. The number of methoxy groups -OCH3 is 1. The zero-order chi connectivity index (χ0) is 24.0. The van der Waals surface area contributed by atoms with Crippen molar-refractivity contribution in [2.75, 3.05) is 56.3 Å². The van der Waals surface area contributed by atoms with Crippen molar-refractivity contribution in [1.29, 1.82) is 0 Å². The Hall–Kier alpha value is -2.61. The SMILES string of the molecule is COc1cccc(CN(Cc2ccc(N3CCCC3)cc2)c2nc(C)c(CN3CCOCC3)s2)c1. The number of rotatable bonds is 9. The Morgan fingerprint density at radius 1 is 0.971 bits per heavy atom. The van der Waals surface area contributed by atoms with Gasteiger partial charge in [0.25, 0.3) is 0 Å². The highest BCUT2D eigenvalue weighted by molar-refractivity contribution is 7.15. The lowest BCUT2D eigenvalue weighted by Gasteiger charge is -2.26. The van der Waals surface area contributed by atoms with E-state index in [2.05, 4.69) is 64.1 Å². The predicted octanol–water partition coefficient (Wildman–Crippen LogP) is 5.10. The summed E-state index contributed by atoms with van der Waals surface area (Å²) in [6, 6.07) is 17.5. The van der Waals surface area contributed by atoms with E-state index in [-0.39, 0.29) is 0 Å². The van der Waals surface area contributed by atoms with Crippen molar-refractivity contribution in [1.82, 2.24) is 9.88 Å². The van der Waals surface area contributed by atoms with Crippen molar-refractivity contribution in [3.8, 4) is 5.75 Å². The summed E-state index contributed by atoms with van der Waals surface area (Å²) in [4.78, 5) is 13.7. The summed E-state index contributed by atoms with van der Waals surface area (Å²) in [5.41, 5.74) is 5.00. The molecule has 5 rings (SSSR count). The molecule has 0 spiro atoms. The quantitative estimate of drug-likeness (QED) is 0.414. The summed E-state index contributed by atoms with van der Waals surface area (Å²) in [6.07, 6.45) is 2.60. The van der Waals surface area contributed by atoms with E-state index in [9.17, 15) is 0 Å². The van der Waals surface area contributed by atoms with Gasteiger partial charge in [-0.15, -0.1) is 11.3 Å². The molecule has 35 heavy (non-hydrogen) atoms. The van der Waals surface area contributed by atoms with Crippen LogP contribution < -0.4 is 14.5 Å². The first-order valence-electron chi connectivity index (χ1n) is 12.7. The molecule has 2 aliphatic heterocycles. The molecule has 0 radical (unpaired) electrons. The van der Waals surface area contributed by atoms with Gasteiger partial charge >= 0.3 is 0 Å². The summed E-state index contributed by atoms with van der Waals surface area (Å²) in [7, 11) is 1.72. The summed E-state index contributed by atoms with van der Waals surface area (Å²) in [6.45, 7) is 10.7. The van der Waals surface area contributed by atoms with Gasteiger partial charge in [0.05, 0.1) is 26.0 Å². The molecule has 2 aromatic carbocycles. The van der Waals surface area contributed by atoms with Crippen molar-refractivity contribution in [2.45, 2.75) is 39.4 Å². The summed E-state index contributed by atoms with van der Waals surface area (Å²) < 4.78 is 11.0. The normalized spacial score (nSPS) is 16.6. The highest BCUT2D eigenvalue weighted by atomic mass is 32.1. The maximum Gasteiger partial charge on any atom is 0.186 e. The minimum absolute atomic E-state index is 0.787. The van der Waals surface area contributed by atoms with E-state index in [1.807, 2.05) is 17.4 Å². The van der Waals surface area contributed by atoms with Gasteiger partial charge in [0.1, 0.15) is 5.75 Å². The molecule has 0 N–H and O–H groups in total. The van der Waals surface area contributed by atoms with E-state index < -0.39 is 0 Å². The molecule has 6 nitrogen and oxygen atoms in total. The predicted molar refractivity (Wildman–Crippen MR) is 144 cm³/mol. The molecule has 0 aliphatic carbocycles. The van der Waals surface area contributed by atoms with Crippen molar-refractivity contribution >= 4 is 22.2 Å². The number of benzene rings is 2. The van der Waals surface area contributed by atoms with Crippen molar-refractivity contribution in [3.05, 3.63) is 70.2 Å². The smallest absolute Gasteiger partial charge is 0.186 e. The number of thiazole rings is 1. The summed E-state index contributed by atoms with van der Waals surface area (Å²) in [5.74, 6) is 0.890. The molecule has 0 amide bonds. The molecule has 186 valence electrons. The molecule has 2 fully saturated rings. The van der Waals surface area contributed by atoms with Crippen LogP contribution in [0.25, 0.3) is 0 Å². The second-order valence-electron chi connectivity index (χ2n) is 9.46. The molecule has 1 aromatic heterocycles. The molecule has 2 saturated heterocycles. The fourth-order valence-corrected chi connectivity index (χ4v) is 5.95. The molecular weight excluding hydrogens is 456 g/mol. The van der Waals surface area contributed by atoms with Crippen LogP contribution in [0.1, 0.15) is 34.5 Å². The lowest BCUT2D eigenvalue weighted by atomic mass is 10.1.